The second kappa shape index (κ2) is 4.77. The van der Waals surface area contributed by atoms with Crippen molar-refractivity contribution in [3.8, 4) is 23.0 Å². The molecule has 0 fully saturated rings. The van der Waals surface area contributed by atoms with Crippen molar-refractivity contribution in [2.75, 3.05) is 5.73 Å². The van der Waals surface area contributed by atoms with Crippen molar-refractivity contribution >= 4 is 5.69 Å². The van der Waals surface area contributed by atoms with Crippen molar-refractivity contribution in [3.05, 3.63) is 47.7 Å². The maximum atomic E-state index is 6.04. The molecule has 3 aromatic rings. The molecule has 0 amide bonds. The van der Waals surface area contributed by atoms with E-state index in [2.05, 4.69) is 15.1 Å². The van der Waals surface area contributed by atoms with Crippen LogP contribution < -0.4 is 5.73 Å². The van der Waals surface area contributed by atoms with Crippen LogP contribution in [0.2, 0.25) is 0 Å². The quantitative estimate of drug-likeness (QED) is 0.721. The van der Waals surface area contributed by atoms with Crippen LogP contribution in [0, 0.1) is 13.8 Å². The summed E-state index contributed by atoms with van der Waals surface area (Å²) in [5, 5.41) is 3.97. The molecule has 0 aliphatic carbocycles. The standard InChI is InChI=1S/C15H14N4O/c1-9-6-7-17-12(8-9)14-18-15(20-19-14)11-5-3-4-10(2)13(11)16/h3-8H,16H2,1-2H3. The van der Waals surface area contributed by atoms with E-state index in [1.54, 1.807) is 6.20 Å². The van der Waals surface area contributed by atoms with Crippen molar-refractivity contribution in [1.29, 1.82) is 0 Å². The summed E-state index contributed by atoms with van der Waals surface area (Å²) in [6, 6.07) is 9.55. The SMILES string of the molecule is Cc1ccnc(-c2noc(-c3cccc(C)c3N)n2)c1. The van der Waals surface area contributed by atoms with Gasteiger partial charge >= 0.3 is 0 Å². The van der Waals surface area contributed by atoms with E-state index in [0.717, 1.165) is 16.7 Å². The van der Waals surface area contributed by atoms with Crippen LogP contribution in [0.1, 0.15) is 11.1 Å². The normalized spacial score (nSPS) is 10.7. The average Bonchev–Trinajstić information content (AvgIpc) is 2.91. The Morgan fingerprint density at radius 3 is 2.80 bits per heavy atom. The average molecular weight is 266 g/mol. The van der Waals surface area contributed by atoms with Gasteiger partial charge in [-0.1, -0.05) is 17.3 Å². The molecule has 0 bridgehead atoms. The van der Waals surface area contributed by atoms with E-state index in [-0.39, 0.29) is 0 Å². The van der Waals surface area contributed by atoms with Gasteiger partial charge in [0.15, 0.2) is 0 Å². The minimum absolute atomic E-state index is 0.407. The van der Waals surface area contributed by atoms with E-state index in [4.69, 9.17) is 10.3 Å². The number of hydrogen-bond donors (Lipinski definition) is 1. The van der Waals surface area contributed by atoms with Crippen LogP contribution in [0.4, 0.5) is 5.69 Å². The Kier molecular flexibility index (Phi) is 2.95. The van der Waals surface area contributed by atoms with Crippen LogP contribution in [0.15, 0.2) is 41.1 Å². The molecule has 0 spiro atoms. The third-order valence-electron chi connectivity index (χ3n) is 3.13. The van der Waals surface area contributed by atoms with Crippen molar-refractivity contribution in [1.82, 2.24) is 15.1 Å². The van der Waals surface area contributed by atoms with Gasteiger partial charge in [0.2, 0.25) is 5.82 Å². The number of benzene rings is 1. The van der Waals surface area contributed by atoms with Crippen LogP contribution in [-0.2, 0) is 0 Å². The highest BCUT2D eigenvalue weighted by atomic mass is 16.5. The predicted molar refractivity (Wildman–Crippen MR) is 76.9 cm³/mol. The lowest BCUT2D eigenvalue weighted by Crippen LogP contribution is -1.93. The highest BCUT2D eigenvalue weighted by Gasteiger charge is 2.14. The number of nitrogen functional groups attached to an aromatic ring is 1. The van der Waals surface area contributed by atoms with Gasteiger partial charge in [-0.25, -0.2) is 0 Å². The molecule has 2 heterocycles. The van der Waals surface area contributed by atoms with Crippen LogP contribution in [0.25, 0.3) is 23.0 Å². The van der Waals surface area contributed by atoms with Crippen molar-refractivity contribution in [2.24, 2.45) is 0 Å². The topological polar surface area (TPSA) is 77.8 Å². The lowest BCUT2D eigenvalue weighted by molar-refractivity contribution is 0.432. The Balaban J connectivity index is 2.04. The van der Waals surface area contributed by atoms with Gasteiger partial charge < -0.3 is 10.3 Å². The molecule has 5 heteroatoms. The van der Waals surface area contributed by atoms with Gasteiger partial charge in [-0.2, -0.15) is 4.98 Å². The highest BCUT2D eigenvalue weighted by Crippen LogP contribution is 2.28. The number of anilines is 1. The number of pyridine rings is 1. The summed E-state index contributed by atoms with van der Waals surface area (Å²) in [5.74, 6) is 0.870. The fourth-order valence-corrected chi connectivity index (χ4v) is 1.96. The number of hydrogen-bond acceptors (Lipinski definition) is 5. The van der Waals surface area contributed by atoms with E-state index < -0.39 is 0 Å². The number of para-hydroxylation sites is 1. The molecule has 0 unspecified atom stereocenters. The van der Waals surface area contributed by atoms with E-state index in [0.29, 0.717) is 23.1 Å². The third kappa shape index (κ3) is 2.14. The Morgan fingerprint density at radius 1 is 1.15 bits per heavy atom. The minimum atomic E-state index is 0.407. The smallest absolute Gasteiger partial charge is 0.260 e. The highest BCUT2D eigenvalue weighted by molar-refractivity contribution is 5.73. The summed E-state index contributed by atoms with van der Waals surface area (Å²) in [6.07, 6.45) is 1.72. The first kappa shape index (κ1) is 12.3. The van der Waals surface area contributed by atoms with Crippen LogP contribution in [0.5, 0.6) is 0 Å². The Morgan fingerprint density at radius 2 is 2.00 bits per heavy atom. The molecule has 2 N–H and O–H groups in total. The van der Waals surface area contributed by atoms with Gasteiger partial charge in [0.1, 0.15) is 5.69 Å². The molecule has 0 saturated carbocycles. The predicted octanol–water partition coefficient (Wildman–Crippen LogP) is 3.00. The Bertz CT molecular complexity index is 764. The molecule has 1 aromatic carbocycles. The fraction of sp³-hybridized carbons (Fsp3) is 0.133. The second-order valence-electron chi connectivity index (χ2n) is 4.68. The van der Waals surface area contributed by atoms with Crippen molar-refractivity contribution < 1.29 is 4.52 Å². The van der Waals surface area contributed by atoms with Gasteiger partial charge in [-0.15, -0.1) is 0 Å². The second-order valence-corrected chi connectivity index (χ2v) is 4.68. The van der Waals surface area contributed by atoms with Gasteiger partial charge in [0.05, 0.1) is 5.56 Å². The molecule has 0 aliphatic heterocycles. The molecule has 5 nitrogen and oxygen atoms in total. The fourth-order valence-electron chi connectivity index (χ4n) is 1.96. The van der Waals surface area contributed by atoms with E-state index >= 15 is 0 Å². The number of aromatic nitrogens is 3. The zero-order chi connectivity index (χ0) is 14.1. The van der Waals surface area contributed by atoms with Gasteiger partial charge in [-0.05, 0) is 43.2 Å². The summed E-state index contributed by atoms with van der Waals surface area (Å²) in [7, 11) is 0. The van der Waals surface area contributed by atoms with E-state index in [9.17, 15) is 0 Å². The summed E-state index contributed by atoms with van der Waals surface area (Å²) in [6.45, 7) is 3.93. The third-order valence-corrected chi connectivity index (χ3v) is 3.13. The molecular weight excluding hydrogens is 252 g/mol. The molecule has 0 aliphatic rings. The summed E-state index contributed by atoms with van der Waals surface area (Å²) in [5.41, 5.74) is 10.2. The minimum Gasteiger partial charge on any atom is -0.398 e. The van der Waals surface area contributed by atoms with Crippen LogP contribution >= 0.6 is 0 Å². The summed E-state index contributed by atoms with van der Waals surface area (Å²) < 4.78 is 5.30. The maximum Gasteiger partial charge on any atom is 0.260 e. The number of aryl methyl sites for hydroxylation is 2. The molecular formula is C15H14N4O. The molecule has 0 atom stereocenters. The first-order valence-corrected chi connectivity index (χ1v) is 6.27. The molecule has 2 aromatic heterocycles. The van der Waals surface area contributed by atoms with E-state index in [1.807, 2.05) is 44.2 Å². The van der Waals surface area contributed by atoms with Gasteiger partial charge in [0.25, 0.3) is 5.89 Å². The zero-order valence-corrected chi connectivity index (χ0v) is 11.3. The van der Waals surface area contributed by atoms with E-state index in [1.165, 1.54) is 0 Å². The van der Waals surface area contributed by atoms with Crippen molar-refractivity contribution in [3.63, 3.8) is 0 Å². The first-order valence-electron chi connectivity index (χ1n) is 6.27. The molecule has 0 radical (unpaired) electrons. The number of nitrogens with two attached hydrogens (primary N) is 1. The molecule has 100 valence electrons. The van der Waals surface area contributed by atoms with Gasteiger partial charge in [0, 0.05) is 11.9 Å². The van der Waals surface area contributed by atoms with Crippen molar-refractivity contribution in [2.45, 2.75) is 13.8 Å². The maximum absolute atomic E-state index is 6.04. The van der Waals surface area contributed by atoms with Crippen LogP contribution in [-0.4, -0.2) is 15.1 Å². The van der Waals surface area contributed by atoms with Gasteiger partial charge in [-0.3, -0.25) is 4.98 Å². The monoisotopic (exact) mass is 266 g/mol. The number of nitrogens with zero attached hydrogens (tertiary/aromatic N) is 3. The Hall–Kier alpha value is -2.69. The number of rotatable bonds is 2. The summed E-state index contributed by atoms with van der Waals surface area (Å²) in [4.78, 5) is 8.61. The molecule has 3 rings (SSSR count). The Labute approximate surface area is 116 Å². The first-order chi connectivity index (χ1) is 9.65. The summed E-state index contributed by atoms with van der Waals surface area (Å²) >= 11 is 0. The lowest BCUT2D eigenvalue weighted by atomic mass is 10.1. The molecule has 0 saturated heterocycles. The van der Waals surface area contributed by atoms with Crippen LogP contribution in [0.3, 0.4) is 0 Å². The zero-order valence-electron chi connectivity index (χ0n) is 11.3. The lowest BCUT2D eigenvalue weighted by Gasteiger charge is -2.03. The largest absolute Gasteiger partial charge is 0.398 e. The molecule has 20 heavy (non-hydrogen) atoms.